The van der Waals surface area contributed by atoms with Crippen LogP contribution in [0.4, 0.5) is 26.1 Å². The molecule has 0 saturated heterocycles. The normalized spacial score (nSPS) is 10.3. The number of nitrogens with one attached hydrogen (secondary N) is 1. The number of hydrogen-bond donors (Lipinski definition) is 2. The minimum absolute atomic E-state index is 0.0234. The third-order valence-electron chi connectivity index (χ3n) is 1.96. The molecule has 1 aromatic heterocycles. The van der Waals surface area contributed by atoms with E-state index in [-0.39, 0.29) is 21.8 Å². The van der Waals surface area contributed by atoms with Crippen molar-refractivity contribution >= 4 is 33.3 Å². The first kappa shape index (κ1) is 11.7. The summed E-state index contributed by atoms with van der Waals surface area (Å²) in [7, 11) is 0. The van der Waals surface area contributed by atoms with Crippen LogP contribution < -0.4 is 11.1 Å². The Hall–Kier alpha value is -1.76. The molecule has 7 heteroatoms. The Morgan fingerprint density at radius 3 is 2.53 bits per heavy atom. The minimum atomic E-state index is -0.600. The highest BCUT2D eigenvalue weighted by Crippen LogP contribution is 2.25. The van der Waals surface area contributed by atoms with Crippen LogP contribution in [0.1, 0.15) is 0 Å². The fourth-order valence-electron chi connectivity index (χ4n) is 1.17. The van der Waals surface area contributed by atoms with Gasteiger partial charge in [-0.2, -0.15) is 0 Å². The molecule has 2 rings (SSSR count). The predicted octanol–water partition coefficient (Wildman–Crippen LogP) is 2.84. The zero-order valence-electron chi connectivity index (χ0n) is 8.42. The van der Waals surface area contributed by atoms with Gasteiger partial charge < -0.3 is 11.1 Å². The van der Waals surface area contributed by atoms with Crippen LogP contribution in [0.15, 0.2) is 28.7 Å². The van der Waals surface area contributed by atoms with Crippen molar-refractivity contribution in [1.29, 1.82) is 0 Å². The van der Waals surface area contributed by atoms with E-state index in [9.17, 15) is 8.78 Å². The molecule has 0 aliphatic heterocycles. The Balaban J connectivity index is 2.30. The van der Waals surface area contributed by atoms with Crippen molar-refractivity contribution in [3.05, 3.63) is 40.4 Å². The van der Waals surface area contributed by atoms with Crippen molar-refractivity contribution < 1.29 is 8.78 Å². The van der Waals surface area contributed by atoms with Crippen LogP contribution in [0.3, 0.4) is 0 Å². The Kier molecular flexibility index (Phi) is 3.19. The first-order chi connectivity index (χ1) is 8.06. The highest BCUT2D eigenvalue weighted by Gasteiger charge is 2.08. The molecule has 88 valence electrons. The van der Waals surface area contributed by atoms with Gasteiger partial charge in [0, 0.05) is 6.07 Å². The molecule has 2 aromatic rings. The van der Waals surface area contributed by atoms with Crippen LogP contribution in [-0.2, 0) is 0 Å². The molecule has 0 amide bonds. The standard InChI is InChI=1S/C10H7BrF2N4/c11-5-3-7(13)8(4-6(5)12)15-10-2-1-9(14)16-17-10/h1-4H,(H2,14,16)(H,15,17). The number of anilines is 3. The van der Waals surface area contributed by atoms with Gasteiger partial charge in [0.1, 0.15) is 17.5 Å². The van der Waals surface area contributed by atoms with Gasteiger partial charge in [-0.25, -0.2) is 8.78 Å². The largest absolute Gasteiger partial charge is 0.382 e. The van der Waals surface area contributed by atoms with Gasteiger partial charge in [0.15, 0.2) is 5.82 Å². The van der Waals surface area contributed by atoms with E-state index in [1.54, 1.807) is 0 Å². The SMILES string of the molecule is Nc1ccc(Nc2cc(F)c(Br)cc2F)nn1. The zero-order chi connectivity index (χ0) is 12.4. The molecular formula is C10H7BrF2N4. The summed E-state index contributed by atoms with van der Waals surface area (Å²) in [6.45, 7) is 0. The Bertz CT molecular complexity index is 545. The summed E-state index contributed by atoms with van der Waals surface area (Å²) in [5, 5.41) is 9.87. The summed E-state index contributed by atoms with van der Waals surface area (Å²) in [5.74, 6) is -0.646. The van der Waals surface area contributed by atoms with Crippen LogP contribution in [0.25, 0.3) is 0 Å². The van der Waals surface area contributed by atoms with Crippen molar-refractivity contribution in [3.8, 4) is 0 Å². The van der Waals surface area contributed by atoms with Crippen molar-refractivity contribution in [2.45, 2.75) is 0 Å². The van der Waals surface area contributed by atoms with E-state index in [1.807, 2.05) is 0 Å². The molecule has 0 bridgehead atoms. The molecule has 0 spiro atoms. The van der Waals surface area contributed by atoms with Crippen LogP contribution in [0.5, 0.6) is 0 Å². The smallest absolute Gasteiger partial charge is 0.153 e. The average molecular weight is 301 g/mol. The molecular weight excluding hydrogens is 294 g/mol. The van der Waals surface area contributed by atoms with E-state index in [0.29, 0.717) is 0 Å². The first-order valence-corrected chi connectivity index (χ1v) is 5.36. The number of aromatic nitrogens is 2. The fourth-order valence-corrected chi connectivity index (χ4v) is 1.48. The second-order valence-corrected chi connectivity index (χ2v) is 4.07. The Labute approximate surface area is 104 Å². The van der Waals surface area contributed by atoms with Crippen molar-refractivity contribution in [2.24, 2.45) is 0 Å². The highest BCUT2D eigenvalue weighted by atomic mass is 79.9. The summed E-state index contributed by atoms with van der Waals surface area (Å²) >= 11 is 2.89. The van der Waals surface area contributed by atoms with Crippen molar-refractivity contribution in [2.75, 3.05) is 11.1 Å². The number of hydrogen-bond acceptors (Lipinski definition) is 4. The number of rotatable bonds is 2. The quantitative estimate of drug-likeness (QED) is 0.837. The topological polar surface area (TPSA) is 63.8 Å². The summed E-state index contributed by atoms with van der Waals surface area (Å²) in [6.07, 6.45) is 0. The summed E-state index contributed by atoms with van der Waals surface area (Å²) in [6, 6.07) is 5.07. The first-order valence-electron chi connectivity index (χ1n) is 4.57. The zero-order valence-corrected chi connectivity index (χ0v) is 10.0. The van der Waals surface area contributed by atoms with Gasteiger partial charge in [0.2, 0.25) is 0 Å². The maximum Gasteiger partial charge on any atom is 0.153 e. The Morgan fingerprint density at radius 2 is 1.88 bits per heavy atom. The molecule has 0 radical (unpaired) electrons. The van der Waals surface area contributed by atoms with Gasteiger partial charge in [-0.05, 0) is 34.1 Å². The van der Waals surface area contributed by atoms with Gasteiger partial charge in [-0.3, -0.25) is 0 Å². The predicted molar refractivity (Wildman–Crippen MR) is 63.8 cm³/mol. The van der Waals surface area contributed by atoms with E-state index in [1.165, 1.54) is 12.1 Å². The second-order valence-electron chi connectivity index (χ2n) is 3.21. The van der Waals surface area contributed by atoms with Crippen molar-refractivity contribution in [3.63, 3.8) is 0 Å². The van der Waals surface area contributed by atoms with Crippen LogP contribution in [0, 0.1) is 11.6 Å². The molecule has 3 N–H and O–H groups in total. The van der Waals surface area contributed by atoms with Crippen LogP contribution in [0.2, 0.25) is 0 Å². The maximum atomic E-state index is 13.5. The third kappa shape index (κ3) is 2.68. The van der Waals surface area contributed by atoms with Gasteiger partial charge >= 0.3 is 0 Å². The van der Waals surface area contributed by atoms with Gasteiger partial charge in [0.05, 0.1) is 10.2 Å². The highest BCUT2D eigenvalue weighted by molar-refractivity contribution is 9.10. The number of nitrogens with two attached hydrogens (primary N) is 1. The van der Waals surface area contributed by atoms with E-state index in [0.717, 1.165) is 12.1 Å². The molecule has 0 fully saturated rings. The van der Waals surface area contributed by atoms with Crippen LogP contribution in [-0.4, -0.2) is 10.2 Å². The molecule has 17 heavy (non-hydrogen) atoms. The molecule has 0 atom stereocenters. The lowest BCUT2D eigenvalue weighted by atomic mass is 10.3. The maximum absolute atomic E-state index is 13.5. The van der Waals surface area contributed by atoms with Gasteiger partial charge in [-0.1, -0.05) is 0 Å². The van der Waals surface area contributed by atoms with E-state index in [4.69, 9.17) is 5.73 Å². The summed E-state index contributed by atoms with van der Waals surface area (Å²) in [5.41, 5.74) is 5.33. The average Bonchev–Trinajstić information content (AvgIpc) is 2.29. The summed E-state index contributed by atoms with van der Waals surface area (Å²) in [4.78, 5) is 0. The van der Waals surface area contributed by atoms with Crippen LogP contribution >= 0.6 is 15.9 Å². The lowest BCUT2D eigenvalue weighted by Crippen LogP contribution is -2.00. The Morgan fingerprint density at radius 1 is 1.12 bits per heavy atom. The number of benzene rings is 1. The second kappa shape index (κ2) is 4.62. The van der Waals surface area contributed by atoms with E-state index >= 15 is 0 Å². The van der Waals surface area contributed by atoms with E-state index in [2.05, 4.69) is 31.4 Å². The van der Waals surface area contributed by atoms with Gasteiger partial charge in [-0.15, -0.1) is 10.2 Å². The molecule has 0 aliphatic carbocycles. The molecule has 1 heterocycles. The monoisotopic (exact) mass is 300 g/mol. The number of nitrogens with zero attached hydrogens (tertiary/aromatic N) is 2. The molecule has 0 aliphatic rings. The molecule has 4 nitrogen and oxygen atoms in total. The van der Waals surface area contributed by atoms with E-state index < -0.39 is 11.6 Å². The fraction of sp³-hybridized carbons (Fsp3) is 0. The molecule has 0 saturated carbocycles. The van der Waals surface area contributed by atoms with Gasteiger partial charge in [0.25, 0.3) is 0 Å². The number of nitrogen functional groups attached to an aromatic ring is 1. The lowest BCUT2D eigenvalue weighted by Gasteiger charge is -2.07. The molecule has 1 aromatic carbocycles. The summed E-state index contributed by atoms with van der Waals surface area (Å²) < 4.78 is 26.7. The minimum Gasteiger partial charge on any atom is -0.382 e. The van der Waals surface area contributed by atoms with Crippen molar-refractivity contribution in [1.82, 2.24) is 10.2 Å². The third-order valence-corrected chi connectivity index (χ3v) is 2.57. The number of halogens is 3. The lowest BCUT2D eigenvalue weighted by molar-refractivity contribution is 0.597. The molecule has 0 unspecified atom stereocenters.